The maximum Gasteiger partial charge on any atom is 0.336 e. The van der Waals surface area contributed by atoms with Crippen molar-refractivity contribution in [1.29, 1.82) is 0 Å². The molecule has 0 saturated heterocycles. The first-order chi connectivity index (χ1) is 10.8. The number of rotatable bonds is 6. The molecule has 0 fully saturated rings. The fraction of sp³-hybridized carbons (Fsp3) is 0.333. The molecule has 1 aromatic carbocycles. The SMILES string of the molecule is CCc1ccc(S(=O)(=O)N(C)Cc2csc(C)n2)cc1C(=O)O. The molecule has 0 atom stereocenters. The summed E-state index contributed by atoms with van der Waals surface area (Å²) in [4.78, 5) is 15.5. The van der Waals surface area contributed by atoms with E-state index in [9.17, 15) is 18.3 Å². The molecular formula is C15H18N2O4S2. The molecule has 6 nitrogen and oxygen atoms in total. The van der Waals surface area contributed by atoms with E-state index in [0.29, 0.717) is 17.7 Å². The lowest BCUT2D eigenvalue weighted by Crippen LogP contribution is -2.27. The number of carbonyl (C=O) groups is 1. The van der Waals surface area contributed by atoms with Gasteiger partial charge in [-0.2, -0.15) is 4.31 Å². The van der Waals surface area contributed by atoms with E-state index in [0.717, 1.165) is 5.01 Å². The van der Waals surface area contributed by atoms with E-state index in [4.69, 9.17) is 0 Å². The van der Waals surface area contributed by atoms with Gasteiger partial charge in [-0.05, 0) is 31.0 Å². The highest BCUT2D eigenvalue weighted by Crippen LogP contribution is 2.21. The number of aryl methyl sites for hydroxylation is 2. The molecule has 8 heteroatoms. The number of aromatic carboxylic acids is 1. The lowest BCUT2D eigenvalue weighted by Gasteiger charge is -2.17. The maximum absolute atomic E-state index is 12.6. The summed E-state index contributed by atoms with van der Waals surface area (Å²) in [6.45, 7) is 3.82. The fourth-order valence-corrected chi connectivity index (χ4v) is 3.97. The second-order valence-corrected chi connectivity index (χ2v) is 8.20. The molecule has 0 saturated carbocycles. The van der Waals surface area contributed by atoms with Crippen LogP contribution in [0.1, 0.15) is 33.5 Å². The van der Waals surface area contributed by atoms with Crippen LogP contribution < -0.4 is 0 Å². The van der Waals surface area contributed by atoms with Crippen LogP contribution in [-0.2, 0) is 23.0 Å². The van der Waals surface area contributed by atoms with Crippen molar-refractivity contribution in [3.8, 4) is 0 Å². The van der Waals surface area contributed by atoms with Gasteiger partial charge in [0.25, 0.3) is 0 Å². The average Bonchev–Trinajstić information content (AvgIpc) is 2.91. The lowest BCUT2D eigenvalue weighted by molar-refractivity contribution is 0.0695. The Morgan fingerprint density at radius 3 is 2.61 bits per heavy atom. The van der Waals surface area contributed by atoms with Crippen LogP contribution in [0.15, 0.2) is 28.5 Å². The van der Waals surface area contributed by atoms with Crippen molar-refractivity contribution in [2.24, 2.45) is 0 Å². The van der Waals surface area contributed by atoms with Gasteiger partial charge in [-0.3, -0.25) is 0 Å². The predicted octanol–water partition coefficient (Wildman–Crippen LogP) is 2.53. The van der Waals surface area contributed by atoms with E-state index in [1.54, 1.807) is 6.07 Å². The average molecular weight is 354 g/mol. The number of thiazole rings is 1. The number of nitrogens with zero attached hydrogens (tertiary/aromatic N) is 2. The van der Waals surface area contributed by atoms with E-state index < -0.39 is 16.0 Å². The highest BCUT2D eigenvalue weighted by molar-refractivity contribution is 7.89. The van der Waals surface area contributed by atoms with Crippen LogP contribution in [-0.4, -0.2) is 35.8 Å². The number of carboxylic acid groups (broad SMARTS) is 1. The van der Waals surface area contributed by atoms with Crippen LogP contribution in [0.4, 0.5) is 0 Å². The molecule has 0 aliphatic heterocycles. The number of sulfonamides is 1. The Balaban J connectivity index is 2.35. The van der Waals surface area contributed by atoms with E-state index in [-0.39, 0.29) is 17.0 Å². The van der Waals surface area contributed by atoms with Crippen molar-refractivity contribution in [2.45, 2.75) is 31.7 Å². The molecule has 23 heavy (non-hydrogen) atoms. The number of benzene rings is 1. The quantitative estimate of drug-likeness (QED) is 0.861. The summed E-state index contributed by atoms with van der Waals surface area (Å²) in [7, 11) is -2.32. The zero-order valence-corrected chi connectivity index (χ0v) is 14.7. The van der Waals surface area contributed by atoms with Crippen molar-refractivity contribution in [3.63, 3.8) is 0 Å². The lowest BCUT2D eigenvalue weighted by atomic mass is 10.1. The Hall–Kier alpha value is -1.77. The van der Waals surface area contributed by atoms with Gasteiger partial charge in [0.1, 0.15) is 0 Å². The summed E-state index contributed by atoms with van der Waals surface area (Å²) < 4.78 is 26.4. The highest BCUT2D eigenvalue weighted by atomic mass is 32.2. The largest absolute Gasteiger partial charge is 0.478 e. The molecule has 1 heterocycles. The van der Waals surface area contributed by atoms with E-state index in [1.807, 2.05) is 19.2 Å². The van der Waals surface area contributed by atoms with Crippen LogP contribution in [0.25, 0.3) is 0 Å². The Kier molecular flexibility index (Phi) is 5.18. The first kappa shape index (κ1) is 17.6. The van der Waals surface area contributed by atoms with E-state index in [1.165, 1.54) is 34.8 Å². The molecule has 0 radical (unpaired) electrons. The van der Waals surface area contributed by atoms with Gasteiger partial charge in [-0.1, -0.05) is 13.0 Å². The number of carboxylic acids is 1. The normalized spacial score (nSPS) is 11.8. The predicted molar refractivity (Wildman–Crippen MR) is 88.3 cm³/mol. The van der Waals surface area contributed by atoms with Crippen LogP contribution in [0.5, 0.6) is 0 Å². The molecule has 0 bridgehead atoms. The molecule has 0 amide bonds. The van der Waals surface area contributed by atoms with Gasteiger partial charge in [0, 0.05) is 12.4 Å². The van der Waals surface area contributed by atoms with Gasteiger partial charge in [-0.25, -0.2) is 18.2 Å². The summed E-state index contributed by atoms with van der Waals surface area (Å²) in [5.74, 6) is -1.13. The standard InChI is InChI=1S/C15H18N2O4S2/c1-4-11-5-6-13(7-14(11)15(18)19)23(20,21)17(3)8-12-9-22-10(2)16-12/h5-7,9H,4,8H2,1-3H3,(H,18,19). The number of aromatic nitrogens is 1. The van der Waals surface area contributed by atoms with Crippen LogP contribution >= 0.6 is 11.3 Å². The topological polar surface area (TPSA) is 87.6 Å². The summed E-state index contributed by atoms with van der Waals surface area (Å²) in [5, 5.41) is 11.9. The van der Waals surface area contributed by atoms with Crippen molar-refractivity contribution in [3.05, 3.63) is 45.4 Å². The fourth-order valence-electron chi connectivity index (χ4n) is 2.20. The molecule has 0 spiro atoms. The monoisotopic (exact) mass is 354 g/mol. The second kappa shape index (κ2) is 6.77. The van der Waals surface area contributed by atoms with Crippen molar-refractivity contribution < 1.29 is 18.3 Å². The number of hydrogen-bond acceptors (Lipinski definition) is 5. The first-order valence-electron chi connectivity index (χ1n) is 6.99. The van der Waals surface area contributed by atoms with E-state index >= 15 is 0 Å². The summed E-state index contributed by atoms with van der Waals surface area (Å²) in [6, 6.07) is 4.22. The third-order valence-corrected chi connectivity index (χ3v) is 6.07. The molecule has 2 aromatic rings. The molecule has 0 aliphatic carbocycles. The highest BCUT2D eigenvalue weighted by Gasteiger charge is 2.23. The third kappa shape index (κ3) is 3.77. The van der Waals surface area contributed by atoms with Crippen LogP contribution in [0, 0.1) is 6.92 Å². The molecule has 0 unspecified atom stereocenters. The summed E-state index contributed by atoms with van der Waals surface area (Å²) in [5.41, 5.74) is 1.29. The first-order valence-corrected chi connectivity index (χ1v) is 9.31. The Labute approximate surface area is 139 Å². The molecule has 124 valence electrons. The maximum atomic E-state index is 12.6. The second-order valence-electron chi connectivity index (χ2n) is 5.10. The molecule has 0 aliphatic rings. The Morgan fingerprint density at radius 1 is 1.39 bits per heavy atom. The van der Waals surface area contributed by atoms with Gasteiger partial charge in [0.05, 0.1) is 27.7 Å². The molecule has 1 aromatic heterocycles. The van der Waals surface area contributed by atoms with Crippen molar-refractivity contribution in [1.82, 2.24) is 9.29 Å². The van der Waals surface area contributed by atoms with Crippen LogP contribution in [0.3, 0.4) is 0 Å². The minimum absolute atomic E-state index is 0.0199. The van der Waals surface area contributed by atoms with Gasteiger partial charge >= 0.3 is 5.97 Å². The van der Waals surface area contributed by atoms with Gasteiger partial charge < -0.3 is 5.11 Å². The van der Waals surface area contributed by atoms with Gasteiger partial charge in [0.2, 0.25) is 10.0 Å². The zero-order valence-electron chi connectivity index (χ0n) is 13.1. The van der Waals surface area contributed by atoms with Crippen LogP contribution in [0.2, 0.25) is 0 Å². The van der Waals surface area contributed by atoms with Gasteiger partial charge in [-0.15, -0.1) is 11.3 Å². The van der Waals surface area contributed by atoms with Crippen molar-refractivity contribution in [2.75, 3.05) is 7.05 Å². The Morgan fingerprint density at radius 2 is 2.09 bits per heavy atom. The van der Waals surface area contributed by atoms with Crippen molar-refractivity contribution >= 4 is 27.3 Å². The molecular weight excluding hydrogens is 336 g/mol. The molecule has 1 N–H and O–H groups in total. The van der Waals surface area contributed by atoms with E-state index in [2.05, 4.69) is 4.98 Å². The minimum atomic E-state index is -3.77. The number of hydrogen-bond donors (Lipinski definition) is 1. The summed E-state index contributed by atoms with van der Waals surface area (Å²) in [6.07, 6.45) is 0.524. The minimum Gasteiger partial charge on any atom is -0.478 e. The summed E-state index contributed by atoms with van der Waals surface area (Å²) >= 11 is 1.45. The third-order valence-electron chi connectivity index (χ3n) is 3.45. The van der Waals surface area contributed by atoms with Gasteiger partial charge in [0.15, 0.2) is 0 Å². The zero-order chi connectivity index (χ0) is 17.2. The Bertz CT molecular complexity index is 828. The molecule has 2 rings (SSSR count). The smallest absolute Gasteiger partial charge is 0.336 e.